The topological polar surface area (TPSA) is 72.8 Å². The minimum absolute atomic E-state index is 0.476. The monoisotopic (exact) mass is 271 g/mol. The second-order valence-electron chi connectivity index (χ2n) is 4.84. The molecule has 104 valence electrons. The molecule has 6 heteroatoms. The summed E-state index contributed by atoms with van der Waals surface area (Å²) in [6, 6.07) is 0. The lowest BCUT2D eigenvalue weighted by Crippen LogP contribution is -2.06. The van der Waals surface area contributed by atoms with Crippen molar-refractivity contribution in [3.63, 3.8) is 0 Å². The molecule has 0 saturated heterocycles. The van der Waals surface area contributed by atoms with Crippen LogP contribution in [0.3, 0.4) is 0 Å². The molecule has 3 rings (SSSR count). The predicted molar refractivity (Wildman–Crippen MR) is 75.9 cm³/mol. The van der Waals surface area contributed by atoms with Gasteiger partial charge in [-0.1, -0.05) is 0 Å². The SMILES string of the molecule is CNc1nc(C2CC2)nc(-c2nccnc2OC)c1C. The van der Waals surface area contributed by atoms with Crippen molar-refractivity contribution < 1.29 is 4.74 Å². The number of methoxy groups -OCH3 is 1. The van der Waals surface area contributed by atoms with Gasteiger partial charge in [0.25, 0.3) is 0 Å². The summed E-state index contributed by atoms with van der Waals surface area (Å²) in [5, 5.41) is 3.13. The van der Waals surface area contributed by atoms with Crippen molar-refractivity contribution in [3.05, 3.63) is 23.8 Å². The van der Waals surface area contributed by atoms with E-state index in [9.17, 15) is 0 Å². The Balaban J connectivity index is 2.18. The number of anilines is 1. The molecule has 0 radical (unpaired) electrons. The van der Waals surface area contributed by atoms with E-state index in [4.69, 9.17) is 4.74 Å². The molecule has 2 aromatic heterocycles. The van der Waals surface area contributed by atoms with Crippen molar-refractivity contribution in [3.8, 4) is 17.3 Å². The van der Waals surface area contributed by atoms with Crippen LogP contribution in [-0.2, 0) is 0 Å². The maximum absolute atomic E-state index is 5.29. The van der Waals surface area contributed by atoms with Gasteiger partial charge >= 0.3 is 0 Å². The molecule has 1 aliphatic carbocycles. The van der Waals surface area contributed by atoms with E-state index >= 15 is 0 Å². The van der Waals surface area contributed by atoms with Gasteiger partial charge in [0.1, 0.15) is 17.3 Å². The Morgan fingerprint density at radius 1 is 1.15 bits per heavy atom. The van der Waals surface area contributed by atoms with Crippen LogP contribution >= 0.6 is 0 Å². The van der Waals surface area contributed by atoms with Gasteiger partial charge in [-0.05, 0) is 19.8 Å². The molecule has 20 heavy (non-hydrogen) atoms. The van der Waals surface area contributed by atoms with Crippen LogP contribution in [0.25, 0.3) is 11.4 Å². The fourth-order valence-electron chi connectivity index (χ4n) is 2.17. The zero-order valence-corrected chi connectivity index (χ0v) is 11.8. The van der Waals surface area contributed by atoms with E-state index in [-0.39, 0.29) is 0 Å². The predicted octanol–water partition coefficient (Wildman–Crippen LogP) is 2.17. The molecule has 1 aliphatic rings. The van der Waals surface area contributed by atoms with Gasteiger partial charge < -0.3 is 10.1 Å². The van der Waals surface area contributed by atoms with Crippen LogP contribution < -0.4 is 10.1 Å². The molecule has 0 unspecified atom stereocenters. The van der Waals surface area contributed by atoms with Crippen LogP contribution in [0.5, 0.6) is 5.88 Å². The highest BCUT2D eigenvalue weighted by molar-refractivity contribution is 5.68. The largest absolute Gasteiger partial charge is 0.479 e. The maximum Gasteiger partial charge on any atom is 0.241 e. The lowest BCUT2D eigenvalue weighted by molar-refractivity contribution is 0.397. The van der Waals surface area contributed by atoms with Gasteiger partial charge in [-0.15, -0.1) is 0 Å². The summed E-state index contributed by atoms with van der Waals surface area (Å²) >= 11 is 0. The minimum atomic E-state index is 0.476. The van der Waals surface area contributed by atoms with E-state index < -0.39 is 0 Å². The van der Waals surface area contributed by atoms with Gasteiger partial charge in [0.15, 0.2) is 5.69 Å². The first-order valence-corrected chi connectivity index (χ1v) is 6.66. The number of hydrogen-bond donors (Lipinski definition) is 1. The molecular formula is C14H17N5O. The Labute approximate surface area is 117 Å². The van der Waals surface area contributed by atoms with Gasteiger partial charge in [0.2, 0.25) is 5.88 Å². The van der Waals surface area contributed by atoms with Gasteiger partial charge in [0.05, 0.1) is 7.11 Å². The summed E-state index contributed by atoms with van der Waals surface area (Å²) in [6.07, 6.45) is 5.57. The van der Waals surface area contributed by atoms with Crippen molar-refractivity contribution in [2.45, 2.75) is 25.7 Å². The van der Waals surface area contributed by atoms with Crippen LogP contribution in [0.15, 0.2) is 12.4 Å². The summed E-state index contributed by atoms with van der Waals surface area (Å²) in [5.74, 6) is 2.68. The third-order valence-corrected chi connectivity index (χ3v) is 3.42. The van der Waals surface area contributed by atoms with Crippen LogP contribution in [0.1, 0.15) is 30.1 Å². The third kappa shape index (κ3) is 2.17. The van der Waals surface area contributed by atoms with E-state index in [1.807, 2.05) is 14.0 Å². The molecule has 0 spiro atoms. The number of aromatic nitrogens is 4. The molecule has 0 aliphatic heterocycles. The standard InChI is InChI=1S/C14H17N5O/c1-8-10(11-14(20-3)17-7-6-16-11)18-13(9-4-5-9)19-12(8)15-2/h6-7,9H,4-5H2,1-3H3,(H,15,18,19). The Kier molecular flexibility index (Phi) is 3.22. The Morgan fingerprint density at radius 3 is 2.55 bits per heavy atom. The second-order valence-corrected chi connectivity index (χ2v) is 4.84. The molecule has 6 nitrogen and oxygen atoms in total. The average molecular weight is 271 g/mol. The van der Waals surface area contributed by atoms with Crippen LogP contribution in [-0.4, -0.2) is 34.1 Å². The first-order valence-electron chi connectivity index (χ1n) is 6.66. The zero-order chi connectivity index (χ0) is 14.1. The summed E-state index contributed by atoms with van der Waals surface area (Å²) < 4.78 is 5.29. The minimum Gasteiger partial charge on any atom is -0.479 e. The number of hydrogen-bond acceptors (Lipinski definition) is 6. The number of ether oxygens (including phenoxy) is 1. The second kappa shape index (κ2) is 5.03. The van der Waals surface area contributed by atoms with E-state index in [0.29, 0.717) is 17.5 Å². The summed E-state index contributed by atoms with van der Waals surface area (Å²) in [7, 11) is 3.45. The first-order chi connectivity index (χ1) is 9.74. The quantitative estimate of drug-likeness (QED) is 0.918. The lowest BCUT2D eigenvalue weighted by Gasteiger charge is -2.12. The fraction of sp³-hybridized carbons (Fsp3) is 0.429. The molecule has 0 atom stereocenters. The Bertz CT molecular complexity index is 639. The normalized spacial score (nSPS) is 14.2. The molecule has 1 N–H and O–H groups in total. The van der Waals surface area contributed by atoms with E-state index in [1.165, 1.54) is 0 Å². The van der Waals surface area contributed by atoms with Crippen LogP contribution in [0, 0.1) is 6.92 Å². The molecule has 1 saturated carbocycles. The van der Waals surface area contributed by atoms with E-state index in [0.717, 1.165) is 35.7 Å². The smallest absolute Gasteiger partial charge is 0.241 e. The first kappa shape index (κ1) is 12.8. The number of rotatable bonds is 4. The molecule has 1 fully saturated rings. The molecule has 0 bridgehead atoms. The van der Waals surface area contributed by atoms with Crippen molar-refractivity contribution in [2.75, 3.05) is 19.5 Å². The van der Waals surface area contributed by atoms with Crippen LogP contribution in [0.2, 0.25) is 0 Å². The number of nitrogens with one attached hydrogen (secondary N) is 1. The third-order valence-electron chi connectivity index (χ3n) is 3.42. The van der Waals surface area contributed by atoms with Gasteiger partial charge in [-0.25, -0.2) is 19.9 Å². The van der Waals surface area contributed by atoms with Gasteiger partial charge in [-0.2, -0.15) is 0 Å². The van der Waals surface area contributed by atoms with E-state index in [1.54, 1.807) is 19.5 Å². The highest BCUT2D eigenvalue weighted by Crippen LogP contribution is 2.40. The van der Waals surface area contributed by atoms with Crippen molar-refractivity contribution in [1.82, 2.24) is 19.9 Å². The van der Waals surface area contributed by atoms with Crippen molar-refractivity contribution in [2.24, 2.45) is 0 Å². The van der Waals surface area contributed by atoms with Crippen molar-refractivity contribution in [1.29, 1.82) is 0 Å². The highest BCUT2D eigenvalue weighted by atomic mass is 16.5. The molecule has 2 aromatic rings. The fourth-order valence-corrected chi connectivity index (χ4v) is 2.17. The highest BCUT2D eigenvalue weighted by Gasteiger charge is 2.29. The Morgan fingerprint density at radius 2 is 1.90 bits per heavy atom. The van der Waals surface area contributed by atoms with Gasteiger partial charge in [-0.3, -0.25) is 0 Å². The molecule has 0 amide bonds. The zero-order valence-electron chi connectivity index (χ0n) is 11.8. The van der Waals surface area contributed by atoms with Crippen molar-refractivity contribution >= 4 is 5.82 Å². The lowest BCUT2D eigenvalue weighted by atomic mass is 10.1. The van der Waals surface area contributed by atoms with Gasteiger partial charge in [0, 0.05) is 30.9 Å². The number of nitrogens with zero attached hydrogens (tertiary/aromatic N) is 4. The summed E-state index contributed by atoms with van der Waals surface area (Å²) in [6.45, 7) is 1.98. The maximum atomic E-state index is 5.29. The average Bonchev–Trinajstić information content (AvgIpc) is 3.32. The molecule has 2 heterocycles. The Hall–Kier alpha value is -2.24. The molecule has 0 aromatic carbocycles. The van der Waals surface area contributed by atoms with E-state index in [2.05, 4.69) is 25.3 Å². The molecular weight excluding hydrogens is 254 g/mol. The summed E-state index contributed by atoms with van der Waals surface area (Å²) in [5.41, 5.74) is 2.40. The summed E-state index contributed by atoms with van der Waals surface area (Å²) in [4.78, 5) is 17.8. The van der Waals surface area contributed by atoms with Crippen LogP contribution in [0.4, 0.5) is 5.82 Å².